The Balaban J connectivity index is 1.96. The van der Waals surface area contributed by atoms with E-state index in [2.05, 4.69) is 20.7 Å². The molecule has 0 aromatic carbocycles. The van der Waals surface area contributed by atoms with E-state index in [9.17, 15) is 14.9 Å². The lowest BCUT2D eigenvalue weighted by Gasteiger charge is -2.15. The van der Waals surface area contributed by atoms with Crippen LogP contribution in [0.2, 0.25) is 0 Å². The summed E-state index contributed by atoms with van der Waals surface area (Å²) < 4.78 is 0. The lowest BCUT2D eigenvalue weighted by atomic mass is 10.3. The predicted octanol–water partition coefficient (Wildman–Crippen LogP) is 0.0948. The van der Waals surface area contributed by atoms with Gasteiger partial charge in [0, 0.05) is 26.1 Å². The van der Waals surface area contributed by atoms with Crippen LogP contribution < -0.4 is 16.6 Å². The summed E-state index contributed by atoms with van der Waals surface area (Å²) >= 11 is 0. The third-order valence-corrected chi connectivity index (χ3v) is 3.23. The number of nitrogens with two attached hydrogens (primary N) is 1. The molecule has 1 aliphatic heterocycles. The van der Waals surface area contributed by atoms with Gasteiger partial charge in [-0.15, -0.1) is 0 Å². The fourth-order valence-corrected chi connectivity index (χ4v) is 2.20. The number of aromatic nitrogens is 2. The zero-order chi connectivity index (χ0) is 15.2. The molecule has 0 bridgehead atoms. The van der Waals surface area contributed by atoms with Gasteiger partial charge in [0.25, 0.3) is 0 Å². The summed E-state index contributed by atoms with van der Waals surface area (Å²) in [5, 5.41) is 13.8. The van der Waals surface area contributed by atoms with Crippen LogP contribution in [0.25, 0.3) is 0 Å². The minimum atomic E-state index is -0.625. The lowest BCUT2D eigenvalue weighted by molar-refractivity contribution is -0.383. The van der Waals surface area contributed by atoms with Gasteiger partial charge in [0.1, 0.15) is 6.33 Å². The van der Waals surface area contributed by atoms with Gasteiger partial charge >= 0.3 is 5.69 Å². The van der Waals surface area contributed by atoms with Crippen LogP contribution in [0.1, 0.15) is 19.3 Å². The van der Waals surface area contributed by atoms with Crippen molar-refractivity contribution in [2.75, 3.05) is 30.4 Å². The van der Waals surface area contributed by atoms with Crippen molar-refractivity contribution in [3.8, 4) is 0 Å². The first-order valence-corrected chi connectivity index (χ1v) is 6.61. The van der Waals surface area contributed by atoms with E-state index in [1.165, 1.54) is 0 Å². The largest absolute Gasteiger partial charge is 0.364 e. The number of carbonyl (C=O) groups is 1. The topological polar surface area (TPSA) is 139 Å². The number of hydrogen-bond acceptors (Lipinski definition) is 8. The van der Waals surface area contributed by atoms with Gasteiger partial charge in [0.2, 0.25) is 17.5 Å². The molecular formula is C11H17N7O3. The molecular weight excluding hydrogens is 278 g/mol. The second kappa shape index (κ2) is 6.79. The molecule has 0 atom stereocenters. The zero-order valence-electron chi connectivity index (χ0n) is 11.4. The minimum Gasteiger partial charge on any atom is -0.364 e. The fourth-order valence-electron chi connectivity index (χ4n) is 2.20. The van der Waals surface area contributed by atoms with Gasteiger partial charge in [-0.25, -0.2) is 15.8 Å². The van der Waals surface area contributed by atoms with Crippen LogP contribution in [0.15, 0.2) is 6.33 Å². The molecule has 1 fully saturated rings. The van der Waals surface area contributed by atoms with Gasteiger partial charge in [0.15, 0.2) is 0 Å². The predicted molar refractivity (Wildman–Crippen MR) is 75.4 cm³/mol. The van der Waals surface area contributed by atoms with Gasteiger partial charge in [-0.1, -0.05) is 0 Å². The normalized spacial score (nSPS) is 14.0. The lowest BCUT2D eigenvalue weighted by Crippen LogP contribution is -2.29. The number of likely N-dealkylation sites (tertiary alicyclic amines) is 1. The molecule has 10 heteroatoms. The Morgan fingerprint density at radius 2 is 2.05 bits per heavy atom. The van der Waals surface area contributed by atoms with Crippen LogP contribution in [0.3, 0.4) is 0 Å². The number of nitrogen functional groups attached to an aromatic ring is 1. The zero-order valence-corrected chi connectivity index (χ0v) is 11.4. The molecule has 1 aromatic heterocycles. The summed E-state index contributed by atoms with van der Waals surface area (Å²) in [4.78, 5) is 31.6. The van der Waals surface area contributed by atoms with E-state index in [0.717, 1.165) is 32.3 Å². The van der Waals surface area contributed by atoms with E-state index in [-0.39, 0.29) is 36.2 Å². The fraction of sp³-hybridized carbons (Fsp3) is 0.545. The van der Waals surface area contributed by atoms with Gasteiger partial charge in [-0.2, -0.15) is 0 Å². The summed E-state index contributed by atoms with van der Waals surface area (Å²) in [6, 6.07) is 0. The molecule has 1 aliphatic rings. The highest BCUT2D eigenvalue weighted by Crippen LogP contribution is 2.27. The maximum absolute atomic E-state index is 11.9. The Morgan fingerprint density at radius 1 is 1.38 bits per heavy atom. The van der Waals surface area contributed by atoms with Crippen LogP contribution in [-0.4, -0.2) is 45.3 Å². The molecule has 2 heterocycles. The third-order valence-electron chi connectivity index (χ3n) is 3.23. The molecule has 0 radical (unpaired) electrons. The molecule has 0 spiro atoms. The van der Waals surface area contributed by atoms with Gasteiger partial charge < -0.3 is 15.6 Å². The van der Waals surface area contributed by atoms with E-state index < -0.39 is 4.92 Å². The third kappa shape index (κ3) is 3.54. The average molecular weight is 295 g/mol. The van der Waals surface area contributed by atoms with Crippen molar-refractivity contribution in [1.82, 2.24) is 14.9 Å². The average Bonchev–Trinajstić information content (AvgIpc) is 3.00. The number of anilines is 2. The number of hydrogen-bond donors (Lipinski definition) is 3. The van der Waals surface area contributed by atoms with Crippen molar-refractivity contribution < 1.29 is 9.72 Å². The number of rotatable bonds is 6. The van der Waals surface area contributed by atoms with Crippen molar-refractivity contribution in [3.63, 3.8) is 0 Å². The van der Waals surface area contributed by atoms with Gasteiger partial charge in [-0.05, 0) is 12.8 Å². The first-order valence-electron chi connectivity index (χ1n) is 6.61. The molecule has 0 saturated carbocycles. The number of amides is 1. The van der Waals surface area contributed by atoms with Gasteiger partial charge in [-0.3, -0.25) is 14.9 Å². The van der Waals surface area contributed by atoms with Gasteiger partial charge in [0.05, 0.1) is 4.92 Å². The monoisotopic (exact) mass is 295 g/mol. The first kappa shape index (κ1) is 14.9. The maximum atomic E-state index is 11.9. The Labute approximate surface area is 120 Å². The molecule has 1 amide bonds. The number of nitrogens with zero attached hydrogens (tertiary/aromatic N) is 4. The van der Waals surface area contributed by atoms with Crippen molar-refractivity contribution in [3.05, 3.63) is 16.4 Å². The number of nitrogens with one attached hydrogen (secondary N) is 2. The van der Waals surface area contributed by atoms with Crippen molar-refractivity contribution >= 4 is 23.2 Å². The summed E-state index contributed by atoms with van der Waals surface area (Å²) in [5.74, 6) is 5.18. The molecule has 21 heavy (non-hydrogen) atoms. The Morgan fingerprint density at radius 3 is 2.67 bits per heavy atom. The van der Waals surface area contributed by atoms with E-state index in [1.54, 1.807) is 4.90 Å². The number of carbonyl (C=O) groups excluding carboxylic acids is 1. The minimum absolute atomic E-state index is 0.0360. The standard InChI is InChI=1S/C11H17N7O3/c12-16-11-9(18(20)21)10(14-7-15-11)13-4-3-8(19)17-5-1-2-6-17/h7H,1-6,12H2,(H2,13,14,15,16). The first-order chi connectivity index (χ1) is 10.1. The van der Waals surface area contributed by atoms with Crippen LogP contribution in [-0.2, 0) is 4.79 Å². The Bertz CT molecular complexity index is 531. The van der Waals surface area contributed by atoms with Crippen LogP contribution in [0, 0.1) is 10.1 Å². The second-order valence-corrected chi connectivity index (χ2v) is 4.59. The molecule has 4 N–H and O–H groups in total. The number of hydrazine groups is 1. The summed E-state index contributed by atoms with van der Waals surface area (Å²) in [5.41, 5.74) is 1.81. The molecule has 0 aliphatic carbocycles. The summed E-state index contributed by atoms with van der Waals surface area (Å²) in [7, 11) is 0. The molecule has 114 valence electrons. The molecule has 1 saturated heterocycles. The second-order valence-electron chi connectivity index (χ2n) is 4.59. The van der Waals surface area contributed by atoms with E-state index in [4.69, 9.17) is 5.84 Å². The van der Waals surface area contributed by atoms with Crippen molar-refractivity contribution in [2.45, 2.75) is 19.3 Å². The smallest absolute Gasteiger partial charge is 0.354 e. The van der Waals surface area contributed by atoms with E-state index in [0.29, 0.717) is 0 Å². The SMILES string of the molecule is NNc1ncnc(NCCC(=O)N2CCCC2)c1[N+](=O)[O-]. The molecule has 1 aromatic rings. The van der Waals surface area contributed by atoms with E-state index >= 15 is 0 Å². The molecule has 0 unspecified atom stereocenters. The van der Waals surface area contributed by atoms with Crippen LogP contribution in [0.5, 0.6) is 0 Å². The highest BCUT2D eigenvalue weighted by atomic mass is 16.6. The Hall–Kier alpha value is -2.49. The quantitative estimate of drug-likeness (QED) is 0.381. The van der Waals surface area contributed by atoms with Crippen LogP contribution in [0.4, 0.5) is 17.3 Å². The van der Waals surface area contributed by atoms with Crippen molar-refractivity contribution in [1.29, 1.82) is 0 Å². The number of nitro groups is 1. The van der Waals surface area contributed by atoms with Crippen molar-refractivity contribution in [2.24, 2.45) is 5.84 Å². The van der Waals surface area contributed by atoms with Crippen LogP contribution >= 0.6 is 0 Å². The highest BCUT2D eigenvalue weighted by molar-refractivity contribution is 5.77. The summed E-state index contributed by atoms with van der Waals surface area (Å²) in [6.45, 7) is 1.83. The Kier molecular flexibility index (Phi) is 4.82. The molecule has 10 nitrogen and oxygen atoms in total. The maximum Gasteiger partial charge on any atom is 0.354 e. The molecule has 2 rings (SSSR count). The summed E-state index contributed by atoms with van der Waals surface area (Å²) in [6.07, 6.45) is 3.48. The highest BCUT2D eigenvalue weighted by Gasteiger charge is 2.23. The van der Waals surface area contributed by atoms with E-state index in [1.807, 2.05) is 0 Å².